The minimum Gasteiger partial charge on any atom is -0.361 e. The van der Waals surface area contributed by atoms with E-state index in [1.54, 1.807) is 11.6 Å². The maximum atomic E-state index is 12.7. The van der Waals surface area contributed by atoms with E-state index in [0.29, 0.717) is 12.2 Å². The summed E-state index contributed by atoms with van der Waals surface area (Å²) in [6.45, 7) is 3.37. The predicted octanol–water partition coefficient (Wildman–Crippen LogP) is 2.57. The van der Waals surface area contributed by atoms with Crippen molar-refractivity contribution in [1.82, 2.24) is 19.6 Å². The van der Waals surface area contributed by atoms with Gasteiger partial charge in [0.1, 0.15) is 17.1 Å². The number of aryl methyl sites for hydroxylation is 2. The van der Waals surface area contributed by atoms with E-state index in [0.717, 1.165) is 41.9 Å². The number of para-hydroxylation sites is 2. The number of hydrogen-bond acceptors (Lipinski definition) is 5. The molecule has 6 nitrogen and oxygen atoms in total. The Hall–Kier alpha value is -2.47. The third kappa shape index (κ3) is 2.53. The molecule has 1 saturated heterocycles. The Kier molecular flexibility index (Phi) is 3.69. The van der Waals surface area contributed by atoms with Crippen LogP contribution in [0.1, 0.15) is 36.0 Å². The van der Waals surface area contributed by atoms with Gasteiger partial charge in [0.05, 0.1) is 17.1 Å². The topological polar surface area (TPSA) is 64.2 Å². The number of aromatic nitrogens is 3. The van der Waals surface area contributed by atoms with Gasteiger partial charge < -0.3 is 9.09 Å². The molecule has 0 amide bonds. The molecule has 6 heteroatoms. The largest absolute Gasteiger partial charge is 0.361 e. The molecule has 3 aromatic rings. The maximum absolute atomic E-state index is 12.7. The molecule has 1 fully saturated rings. The second kappa shape index (κ2) is 5.87. The van der Waals surface area contributed by atoms with Crippen LogP contribution < -0.4 is 5.56 Å². The van der Waals surface area contributed by atoms with Gasteiger partial charge in [0, 0.05) is 19.7 Å². The number of benzene rings is 1. The van der Waals surface area contributed by atoms with Crippen LogP contribution in [0.15, 0.2) is 39.6 Å². The average molecular weight is 324 g/mol. The zero-order valence-corrected chi connectivity index (χ0v) is 13.9. The van der Waals surface area contributed by atoms with Gasteiger partial charge in [-0.1, -0.05) is 17.3 Å². The first-order chi connectivity index (χ1) is 11.6. The molecule has 2 aromatic heterocycles. The number of nitrogens with zero attached hydrogens (tertiary/aromatic N) is 4. The van der Waals surface area contributed by atoms with E-state index in [9.17, 15) is 4.79 Å². The van der Waals surface area contributed by atoms with Crippen molar-refractivity contribution in [3.8, 4) is 0 Å². The van der Waals surface area contributed by atoms with Crippen LogP contribution in [-0.2, 0) is 13.6 Å². The van der Waals surface area contributed by atoms with Crippen LogP contribution in [0.4, 0.5) is 0 Å². The second-order valence-corrected chi connectivity index (χ2v) is 6.40. The average Bonchev–Trinajstić information content (AvgIpc) is 3.21. The van der Waals surface area contributed by atoms with Crippen molar-refractivity contribution in [2.24, 2.45) is 7.05 Å². The van der Waals surface area contributed by atoms with Gasteiger partial charge in [-0.15, -0.1) is 0 Å². The summed E-state index contributed by atoms with van der Waals surface area (Å²) in [5.74, 6) is 0.816. The summed E-state index contributed by atoms with van der Waals surface area (Å²) in [4.78, 5) is 19.5. The highest BCUT2D eigenvalue weighted by molar-refractivity contribution is 5.74. The molecule has 1 aliphatic heterocycles. The molecule has 1 atom stereocenters. The fourth-order valence-electron chi connectivity index (χ4n) is 3.53. The Balaban J connectivity index is 1.68. The van der Waals surface area contributed by atoms with Crippen LogP contribution in [0.2, 0.25) is 0 Å². The van der Waals surface area contributed by atoms with Gasteiger partial charge in [-0.05, 0) is 38.4 Å². The lowest BCUT2D eigenvalue weighted by Gasteiger charge is -2.22. The summed E-state index contributed by atoms with van der Waals surface area (Å²) in [7, 11) is 1.80. The molecule has 4 rings (SSSR count). The number of likely N-dealkylation sites (tertiary alicyclic amines) is 1. The summed E-state index contributed by atoms with van der Waals surface area (Å²) in [6, 6.07) is 9.91. The van der Waals surface area contributed by atoms with Crippen LogP contribution in [0.25, 0.3) is 11.0 Å². The molecule has 0 saturated carbocycles. The van der Waals surface area contributed by atoms with Crippen LogP contribution in [0.3, 0.4) is 0 Å². The Bertz CT molecular complexity index is 944. The zero-order chi connectivity index (χ0) is 16.7. The highest BCUT2D eigenvalue weighted by atomic mass is 16.5. The molecule has 3 heterocycles. The Morgan fingerprint density at radius 3 is 2.96 bits per heavy atom. The minimum atomic E-state index is -0.0318. The van der Waals surface area contributed by atoms with Gasteiger partial charge in [0.2, 0.25) is 0 Å². The molecule has 1 aliphatic rings. The SMILES string of the molecule is Cc1cc(C2CCCN2Cc2nc3ccccc3n(C)c2=O)no1. The van der Waals surface area contributed by atoms with Crippen molar-refractivity contribution < 1.29 is 4.52 Å². The molecule has 24 heavy (non-hydrogen) atoms. The van der Waals surface area contributed by atoms with E-state index in [2.05, 4.69) is 15.0 Å². The summed E-state index contributed by atoms with van der Waals surface area (Å²) in [5, 5.41) is 4.16. The Morgan fingerprint density at radius 1 is 1.33 bits per heavy atom. The van der Waals surface area contributed by atoms with E-state index < -0.39 is 0 Å². The molecule has 1 unspecified atom stereocenters. The van der Waals surface area contributed by atoms with E-state index in [1.807, 2.05) is 37.3 Å². The first-order valence-corrected chi connectivity index (χ1v) is 8.25. The lowest BCUT2D eigenvalue weighted by atomic mass is 10.1. The van der Waals surface area contributed by atoms with Gasteiger partial charge in [-0.2, -0.15) is 0 Å². The predicted molar refractivity (Wildman–Crippen MR) is 90.6 cm³/mol. The smallest absolute Gasteiger partial charge is 0.273 e. The molecule has 0 radical (unpaired) electrons. The van der Waals surface area contributed by atoms with Crippen molar-refractivity contribution in [1.29, 1.82) is 0 Å². The standard InChI is InChI=1S/C18H20N4O2/c1-12-10-14(20-24-12)17-8-5-9-22(17)11-15-18(23)21(2)16-7-4-3-6-13(16)19-15/h3-4,6-7,10,17H,5,8-9,11H2,1-2H3. The molecule has 0 bridgehead atoms. The summed E-state index contributed by atoms with van der Waals surface area (Å²) in [6.07, 6.45) is 2.12. The van der Waals surface area contributed by atoms with E-state index in [-0.39, 0.29) is 11.6 Å². The van der Waals surface area contributed by atoms with E-state index in [1.165, 1.54) is 0 Å². The van der Waals surface area contributed by atoms with Crippen molar-refractivity contribution in [2.45, 2.75) is 32.4 Å². The van der Waals surface area contributed by atoms with Crippen LogP contribution >= 0.6 is 0 Å². The molecule has 0 spiro atoms. The van der Waals surface area contributed by atoms with Crippen molar-refractivity contribution in [2.75, 3.05) is 6.54 Å². The lowest BCUT2D eigenvalue weighted by molar-refractivity contribution is 0.233. The van der Waals surface area contributed by atoms with Crippen molar-refractivity contribution in [3.63, 3.8) is 0 Å². The first kappa shape index (κ1) is 15.1. The monoisotopic (exact) mass is 324 g/mol. The Morgan fingerprint density at radius 2 is 2.17 bits per heavy atom. The van der Waals surface area contributed by atoms with Crippen molar-refractivity contribution >= 4 is 11.0 Å². The van der Waals surface area contributed by atoms with Crippen LogP contribution in [0.5, 0.6) is 0 Å². The number of rotatable bonds is 3. The fourth-order valence-corrected chi connectivity index (χ4v) is 3.53. The highest BCUT2D eigenvalue weighted by Gasteiger charge is 2.29. The van der Waals surface area contributed by atoms with Gasteiger partial charge in [0.15, 0.2) is 0 Å². The Labute approximate surface area is 139 Å². The molecule has 0 N–H and O–H groups in total. The lowest BCUT2D eigenvalue weighted by Crippen LogP contribution is -2.30. The fraction of sp³-hybridized carbons (Fsp3) is 0.389. The highest BCUT2D eigenvalue weighted by Crippen LogP contribution is 2.32. The number of hydrogen-bond donors (Lipinski definition) is 0. The quantitative estimate of drug-likeness (QED) is 0.741. The normalized spacial score (nSPS) is 18.5. The molecular formula is C18H20N4O2. The van der Waals surface area contributed by atoms with Gasteiger partial charge >= 0.3 is 0 Å². The summed E-state index contributed by atoms with van der Waals surface area (Å²) < 4.78 is 6.90. The maximum Gasteiger partial charge on any atom is 0.273 e. The van der Waals surface area contributed by atoms with Gasteiger partial charge in [-0.25, -0.2) is 4.98 Å². The third-order valence-corrected chi connectivity index (χ3v) is 4.75. The summed E-state index contributed by atoms with van der Waals surface area (Å²) in [5.41, 5.74) is 3.21. The molecule has 1 aromatic carbocycles. The van der Waals surface area contributed by atoms with Crippen LogP contribution in [-0.4, -0.2) is 26.2 Å². The molecule has 0 aliphatic carbocycles. The summed E-state index contributed by atoms with van der Waals surface area (Å²) >= 11 is 0. The van der Waals surface area contributed by atoms with Crippen LogP contribution in [0, 0.1) is 6.92 Å². The van der Waals surface area contributed by atoms with Crippen molar-refractivity contribution in [3.05, 3.63) is 57.8 Å². The number of fused-ring (bicyclic) bond motifs is 1. The first-order valence-electron chi connectivity index (χ1n) is 8.25. The van der Waals surface area contributed by atoms with Gasteiger partial charge in [0.25, 0.3) is 5.56 Å². The third-order valence-electron chi connectivity index (χ3n) is 4.75. The van der Waals surface area contributed by atoms with E-state index in [4.69, 9.17) is 4.52 Å². The molecular weight excluding hydrogens is 304 g/mol. The van der Waals surface area contributed by atoms with E-state index >= 15 is 0 Å². The minimum absolute atomic E-state index is 0.0318. The second-order valence-electron chi connectivity index (χ2n) is 6.40. The zero-order valence-electron chi connectivity index (χ0n) is 13.9. The molecule has 124 valence electrons. The van der Waals surface area contributed by atoms with Gasteiger partial charge in [-0.3, -0.25) is 9.69 Å².